The molecular formula is C16H17BrFNO2. The van der Waals surface area contributed by atoms with Crippen LogP contribution in [0.4, 0.5) is 4.39 Å². The highest BCUT2D eigenvalue weighted by Crippen LogP contribution is 2.17. The van der Waals surface area contributed by atoms with E-state index in [1.54, 1.807) is 19.2 Å². The molecule has 3 nitrogen and oxygen atoms in total. The van der Waals surface area contributed by atoms with Crippen LogP contribution in [0.3, 0.4) is 0 Å². The van der Waals surface area contributed by atoms with Crippen molar-refractivity contribution in [2.24, 2.45) is 0 Å². The summed E-state index contributed by atoms with van der Waals surface area (Å²) in [4.78, 5) is 0. The summed E-state index contributed by atoms with van der Waals surface area (Å²) >= 11 is 3.33. The van der Waals surface area contributed by atoms with Crippen molar-refractivity contribution in [2.45, 2.75) is 6.54 Å². The zero-order chi connectivity index (χ0) is 15.1. The Hall–Kier alpha value is -1.59. The van der Waals surface area contributed by atoms with Gasteiger partial charge >= 0.3 is 0 Å². The van der Waals surface area contributed by atoms with Gasteiger partial charge in [0.05, 0.1) is 7.11 Å². The van der Waals surface area contributed by atoms with E-state index in [0.29, 0.717) is 25.3 Å². The second kappa shape index (κ2) is 8.00. The SMILES string of the molecule is COc1ccc(OCCNCc2cc(Br)ccc2F)cc1. The summed E-state index contributed by atoms with van der Waals surface area (Å²) in [5, 5.41) is 3.15. The maximum atomic E-state index is 13.5. The molecule has 0 atom stereocenters. The van der Waals surface area contributed by atoms with Gasteiger partial charge in [-0.2, -0.15) is 0 Å². The average Bonchev–Trinajstić information content (AvgIpc) is 2.51. The number of benzene rings is 2. The average molecular weight is 354 g/mol. The minimum Gasteiger partial charge on any atom is -0.497 e. The van der Waals surface area contributed by atoms with E-state index in [0.717, 1.165) is 16.0 Å². The Labute approximate surface area is 132 Å². The van der Waals surface area contributed by atoms with Crippen LogP contribution in [0.15, 0.2) is 46.9 Å². The number of halogens is 2. The maximum absolute atomic E-state index is 13.5. The van der Waals surface area contributed by atoms with Gasteiger partial charge in [0.1, 0.15) is 23.9 Å². The third-order valence-electron chi connectivity index (χ3n) is 2.93. The predicted octanol–water partition coefficient (Wildman–Crippen LogP) is 3.77. The summed E-state index contributed by atoms with van der Waals surface area (Å²) in [5.74, 6) is 1.37. The van der Waals surface area contributed by atoms with E-state index in [1.807, 2.05) is 24.3 Å². The van der Waals surface area contributed by atoms with Crippen molar-refractivity contribution in [3.8, 4) is 11.5 Å². The summed E-state index contributed by atoms with van der Waals surface area (Å²) in [6.45, 7) is 1.62. The maximum Gasteiger partial charge on any atom is 0.127 e. The van der Waals surface area contributed by atoms with Gasteiger partial charge in [-0.1, -0.05) is 15.9 Å². The van der Waals surface area contributed by atoms with Crippen LogP contribution in [-0.4, -0.2) is 20.3 Å². The molecule has 0 saturated carbocycles. The van der Waals surface area contributed by atoms with Gasteiger partial charge < -0.3 is 14.8 Å². The smallest absolute Gasteiger partial charge is 0.127 e. The Kier molecular flexibility index (Phi) is 6.02. The fourth-order valence-corrected chi connectivity index (χ4v) is 2.22. The lowest BCUT2D eigenvalue weighted by atomic mass is 10.2. The van der Waals surface area contributed by atoms with Crippen molar-refractivity contribution < 1.29 is 13.9 Å². The molecule has 0 aromatic heterocycles. The highest BCUT2D eigenvalue weighted by molar-refractivity contribution is 9.10. The molecule has 0 aliphatic carbocycles. The molecule has 0 unspecified atom stereocenters. The molecule has 0 spiro atoms. The molecule has 2 rings (SSSR count). The van der Waals surface area contributed by atoms with Crippen LogP contribution in [0.1, 0.15) is 5.56 Å². The second-order valence-corrected chi connectivity index (χ2v) is 5.35. The van der Waals surface area contributed by atoms with E-state index in [-0.39, 0.29) is 5.82 Å². The van der Waals surface area contributed by atoms with Crippen molar-refractivity contribution in [3.63, 3.8) is 0 Å². The number of nitrogens with one attached hydrogen (secondary N) is 1. The molecule has 0 aliphatic heterocycles. The lowest BCUT2D eigenvalue weighted by Crippen LogP contribution is -2.21. The third kappa shape index (κ3) is 5.02. The lowest BCUT2D eigenvalue weighted by molar-refractivity contribution is 0.312. The van der Waals surface area contributed by atoms with Crippen LogP contribution >= 0.6 is 15.9 Å². The van der Waals surface area contributed by atoms with E-state index >= 15 is 0 Å². The largest absolute Gasteiger partial charge is 0.497 e. The molecular weight excluding hydrogens is 337 g/mol. The minimum atomic E-state index is -0.207. The zero-order valence-corrected chi connectivity index (χ0v) is 13.3. The standard InChI is InChI=1S/C16H17BrFNO2/c1-20-14-3-5-15(6-4-14)21-9-8-19-11-12-10-13(17)2-7-16(12)18/h2-7,10,19H,8-9,11H2,1H3. The Morgan fingerprint density at radius 2 is 1.81 bits per heavy atom. The van der Waals surface area contributed by atoms with E-state index in [2.05, 4.69) is 21.2 Å². The first-order chi connectivity index (χ1) is 10.2. The summed E-state index contributed by atoms with van der Waals surface area (Å²) in [6.07, 6.45) is 0. The normalized spacial score (nSPS) is 10.4. The summed E-state index contributed by atoms with van der Waals surface area (Å²) < 4.78 is 25.0. The zero-order valence-electron chi connectivity index (χ0n) is 11.7. The quantitative estimate of drug-likeness (QED) is 0.768. The summed E-state index contributed by atoms with van der Waals surface area (Å²) in [7, 11) is 1.63. The summed E-state index contributed by atoms with van der Waals surface area (Å²) in [6, 6.07) is 12.3. The Bertz CT molecular complexity index is 575. The van der Waals surface area contributed by atoms with Gasteiger partial charge in [0.2, 0.25) is 0 Å². The van der Waals surface area contributed by atoms with Crippen molar-refractivity contribution in [3.05, 3.63) is 58.3 Å². The van der Waals surface area contributed by atoms with Crippen LogP contribution < -0.4 is 14.8 Å². The monoisotopic (exact) mass is 353 g/mol. The van der Waals surface area contributed by atoms with Crippen LogP contribution in [0, 0.1) is 5.82 Å². The van der Waals surface area contributed by atoms with Crippen molar-refractivity contribution in [1.82, 2.24) is 5.32 Å². The second-order valence-electron chi connectivity index (χ2n) is 4.44. The fraction of sp³-hybridized carbons (Fsp3) is 0.250. The molecule has 1 N–H and O–H groups in total. The van der Waals surface area contributed by atoms with E-state index in [9.17, 15) is 4.39 Å². The summed E-state index contributed by atoms with van der Waals surface area (Å²) in [5.41, 5.74) is 0.633. The lowest BCUT2D eigenvalue weighted by Gasteiger charge is -2.09. The van der Waals surface area contributed by atoms with Crippen LogP contribution in [0.2, 0.25) is 0 Å². The fourth-order valence-electron chi connectivity index (χ4n) is 1.81. The van der Waals surface area contributed by atoms with Gasteiger partial charge in [-0.05, 0) is 42.5 Å². The molecule has 5 heteroatoms. The third-order valence-corrected chi connectivity index (χ3v) is 3.42. The number of hydrogen-bond donors (Lipinski definition) is 1. The van der Waals surface area contributed by atoms with E-state index < -0.39 is 0 Å². The van der Waals surface area contributed by atoms with E-state index in [4.69, 9.17) is 9.47 Å². The van der Waals surface area contributed by atoms with Crippen molar-refractivity contribution in [1.29, 1.82) is 0 Å². The highest BCUT2D eigenvalue weighted by atomic mass is 79.9. The molecule has 0 heterocycles. The molecule has 0 radical (unpaired) electrons. The Morgan fingerprint density at radius 3 is 2.52 bits per heavy atom. The molecule has 2 aromatic carbocycles. The number of ether oxygens (including phenoxy) is 2. The molecule has 2 aromatic rings. The number of rotatable bonds is 7. The van der Waals surface area contributed by atoms with Gasteiger partial charge in [-0.3, -0.25) is 0 Å². The predicted molar refractivity (Wildman–Crippen MR) is 84.3 cm³/mol. The van der Waals surface area contributed by atoms with Crippen LogP contribution in [0.5, 0.6) is 11.5 Å². The molecule has 0 saturated heterocycles. The molecule has 21 heavy (non-hydrogen) atoms. The minimum absolute atomic E-state index is 0.207. The van der Waals surface area contributed by atoms with Gasteiger partial charge in [0.25, 0.3) is 0 Å². The van der Waals surface area contributed by atoms with Gasteiger partial charge in [-0.15, -0.1) is 0 Å². The number of hydrogen-bond acceptors (Lipinski definition) is 3. The van der Waals surface area contributed by atoms with Gasteiger partial charge in [-0.25, -0.2) is 4.39 Å². The number of methoxy groups -OCH3 is 1. The van der Waals surface area contributed by atoms with Crippen molar-refractivity contribution >= 4 is 15.9 Å². The molecule has 0 aliphatic rings. The Morgan fingerprint density at radius 1 is 1.10 bits per heavy atom. The Balaban J connectivity index is 1.71. The highest BCUT2D eigenvalue weighted by Gasteiger charge is 2.02. The molecule has 0 bridgehead atoms. The van der Waals surface area contributed by atoms with Crippen molar-refractivity contribution in [2.75, 3.05) is 20.3 Å². The molecule has 112 valence electrons. The first kappa shape index (κ1) is 15.8. The van der Waals surface area contributed by atoms with Crippen LogP contribution in [-0.2, 0) is 6.54 Å². The van der Waals surface area contributed by atoms with Gasteiger partial charge in [0.15, 0.2) is 0 Å². The first-order valence-corrected chi connectivity index (χ1v) is 7.40. The van der Waals surface area contributed by atoms with Gasteiger partial charge in [0, 0.05) is 23.1 Å². The van der Waals surface area contributed by atoms with E-state index in [1.165, 1.54) is 6.07 Å². The first-order valence-electron chi connectivity index (χ1n) is 6.60. The van der Waals surface area contributed by atoms with Crippen LogP contribution in [0.25, 0.3) is 0 Å². The topological polar surface area (TPSA) is 30.5 Å². The molecule has 0 fully saturated rings. The molecule has 0 amide bonds.